The van der Waals surface area contributed by atoms with Crippen molar-refractivity contribution in [1.29, 1.82) is 0 Å². The van der Waals surface area contributed by atoms with Crippen LogP contribution in [0.25, 0.3) is 0 Å². The fourth-order valence-corrected chi connectivity index (χ4v) is 1.63. The van der Waals surface area contributed by atoms with E-state index in [9.17, 15) is 4.79 Å². The van der Waals surface area contributed by atoms with Gasteiger partial charge in [-0.2, -0.15) is 0 Å². The summed E-state index contributed by atoms with van der Waals surface area (Å²) < 4.78 is 6.39. The van der Waals surface area contributed by atoms with Crippen LogP contribution in [-0.4, -0.2) is 35.0 Å². The molecule has 15 heavy (non-hydrogen) atoms. The van der Waals surface area contributed by atoms with Gasteiger partial charge >= 0.3 is 0 Å². The molecule has 1 aliphatic rings. The number of halogens is 1. The highest BCUT2D eigenvalue weighted by Gasteiger charge is 2.30. The quantitative estimate of drug-likeness (QED) is 0.765. The molecule has 0 bridgehead atoms. The van der Waals surface area contributed by atoms with Gasteiger partial charge in [0.15, 0.2) is 0 Å². The Kier molecular flexibility index (Phi) is 2.90. The lowest BCUT2D eigenvalue weighted by Gasteiger charge is -2.38. The van der Waals surface area contributed by atoms with Crippen LogP contribution in [0.3, 0.4) is 0 Å². The van der Waals surface area contributed by atoms with E-state index in [0.717, 1.165) is 10.4 Å². The molecule has 5 heteroatoms. The third kappa shape index (κ3) is 2.47. The first-order valence-electron chi connectivity index (χ1n) is 4.69. The van der Waals surface area contributed by atoms with Crippen LogP contribution in [0.2, 0.25) is 0 Å². The van der Waals surface area contributed by atoms with Crippen LogP contribution < -0.4 is 4.74 Å². The molecule has 1 saturated heterocycles. The lowest BCUT2D eigenvalue weighted by molar-refractivity contribution is -0.137. The number of carbonyl (C=O) groups excluding carboxylic acids is 1. The number of rotatable bonds is 2. The van der Waals surface area contributed by atoms with Crippen LogP contribution in [0.5, 0.6) is 5.75 Å². The Morgan fingerprint density at radius 1 is 1.60 bits per heavy atom. The summed E-state index contributed by atoms with van der Waals surface area (Å²) in [5.74, 6) is 0.843. The molecule has 0 N–H and O–H groups in total. The Morgan fingerprint density at radius 3 is 2.87 bits per heavy atom. The SMILES string of the molecule is CC(=O)N1CC(Oc2ccc(Br)nc2)C1. The van der Waals surface area contributed by atoms with Gasteiger partial charge in [0.05, 0.1) is 19.3 Å². The minimum Gasteiger partial charge on any atom is -0.485 e. The van der Waals surface area contributed by atoms with Crippen LogP contribution in [0.15, 0.2) is 22.9 Å². The Labute approximate surface area is 96.4 Å². The molecule has 0 aromatic carbocycles. The van der Waals surface area contributed by atoms with E-state index in [0.29, 0.717) is 13.1 Å². The summed E-state index contributed by atoms with van der Waals surface area (Å²) in [6.07, 6.45) is 1.78. The molecule has 2 rings (SSSR count). The van der Waals surface area contributed by atoms with E-state index in [1.165, 1.54) is 0 Å². The molecule has 4 nitrogen and oxygen atoms in total. The van der Waals surface area contributed by atoms with Gasteiger partial charge in [-0.25, -0.2) is 4.98 Å². The zero-order valence-corrected chi connectivity index (χ0v) is 9.90. The van der Waals surface area contributed by atoms with Crippen LogP contribution in [-0.2, 0) is 4.79 Å². The standard InChI is InChI=1S/C10H11BrN2O2/c1-7(14)13-5-9(6-13)15-8-2-3-10(11)12-4-8/h2-4,9H,5-6H2,1H3. The molecule has 1 fully saturated rings. The molecular weight excluding hydrogens is 260 g/mol. The van der Waals surface area contributed by atoms with Crippen molar-refractivity contribution in [1.82, 2.24) is 9.88 Å². The Bertz CT molecular complexity index is 360. The van der Waals surface area contributed by atoms with Gasteiger partial charge in [-0.1, -0.05) is 0 Å². The molecule has 1 amide bonds. The third-order valence-electron chi connectivity index (χ3n) is 2.30. The number of aromatic nitrogens is 1. The van der Waals surface area contributed by atoms with Crippen molar-refractivity contribution in [2.24, 2.45) is 0 Å². The number of ether oxygens (including phenoxy) is 1. The minimum atomic E-state index is 0.101. The number of carbonyl (C=O) groups is 1. The zero-order valence-electron chi connectivity index (χ0n) is 8.31. The minimum absolute atomic E-state index is 0.101. The summed E-state index contributed by atoms with van der Waals surface area (Å²) >= 11 is 3.25. The summed E-state index contributed by atoms with van der Waals surface area (Å²) in [6, 6.07) is 3.68. The Balaban J connectivity index is 1.85. The summed E-state index contributed by atoms with van der Waals surface area (Å²) in [6.45, 7) is 2.91. The Morgan fingerprint density at radius 2 is 2.33 bits per heavy atom. The van der Waals surface area contributed by atoms with E-state index in [1.54, 1.807) is 18.0 Å². The molecule has 1 aromatic rings. The lowest BCUT2D eigenvalue weighted by atomic mass is 10.1. The second-order valence-corrected chi connectivity index (χ2v) is 4.29. The van der Waals surface area contributed by atoms with Crippen molar-refractivity contribution < 1.29 is 9.53 Å². The first-order chi connectivity index (χ1) is 7.15. The highest BCUT2D eigenvalue weighted by Crippen LogP contribution is 2.18. The summed E-state index contributed by atoms with van der Waals surface area (Å²) in [5, 5.41) is 0. The van der Waals surface area contributed by atoms with Crippen LogP contribution in [0.1, 0.15) is 6.92 Å². The molecule has 0 atom stereocenters. The molecule has 1 aromatic heterocycles. The predicted octanol–water partition coefficient (Wildman–Crippen LogP) is 1.45. The van der Waals surface area contributed by atoms with Crippen LogP contribution in [0, 0.1) is 0 Å². The number of likely N-dealkylation sites (tertiary alicyclic amines) is 1. The average Bonchev–Trinajstić information content (AvgIpc) is 2.13. The van der Waals surface area contributed by atoms with Crippen molar-refractivity contribution in [2.45, 2.75) is 13.0 Å². The summed E-state index contributed by atoms with van der Waals surface area (Å²) in [5.41, 5.74) is 0. The van der Waals surface area contributed by atoms with Crippen LogP contribution in [0.4, 0.5) is 0 Å². The van der Waals surface area contributed by atoms with E-state index >= 15 is 0 Å². The maximum atomic E-state index is 10.9. The van der Waals surface area contributed by atoms with Crippen molar-refractivity contribution in [3.8, 4) is 5.75 Å². The number of amides is 1. The highest BCUT2D eigenvalue weighted by molar-refractivity contribution is 9.10. The average molecular weight is 271 g/mol. The van der Waals surface area contributed by atoms with E-state index < -0.39 is 0 Å². The fourth-order valence-electron chi connectivity index (χ4n) is 1.39. The highest BCUT2D eigenvalue weighted by atomic mass is 79.9. The predicted molar refractivity (Wildman–Crippen MR) is 58.6 cm³/mol. The summed E-state index contributed by atoms with van der Waals surface area (Å²) in [4.78, 5) is 16.7. The van der Waals surface area contributed by atoms with E-state index in [4.69, 9.17) is 4.74 Å². The van der Waals surface area contributed by atoms with Crippen molar-refractivity contribution >= 4 is 21.8 Å². The van der Waals surface area contributed by atoms with Crippen LogP contribution >= 0.6 is 15.9 Å². The first kappa shape index (κ1) is 10.4. The first-order valence-corrected chi connectivity index (χ1v) is 5.48. The second-order valence-electron chi connectivity index (χ2n) is 3.48. The molecule has 0 saturated carbocycles. The summed E-state index contributed by atoms with van der Waals surface area (Å²) in [7, 11) is 0. The number of pyridine rings is 1. The molecule has 80 valence electrons. The van der Waals surface area contributed by atoms with Crippen molar-refractivity contribution in [3.63, 3.8) is 0 Å². The maximum Gasteiger partial charge on any atom is 0.219 e. The van der Waals surface area contributed by atoms with E-state index in [2.05, 4.69) is 20.9 Å². The van der Waals surface area contributed by atoms with Gasteiger partial charge in [0.1, 0.15) is 16.5 Å². The van der Waals surface area contributed by atoms with E-state index in [1.807, 2.05) is 12.1 Å². The Hall–Kier alpha value is -1.10. The zero-order chi connectivity index (χ0) is 10.8. The third-order valence-corrected chi connectivity index (χ3v) is 2.77. The van der Waals surface area contributed by atoms with Gasteiger partial charge < -0.3 is 9.64 Å². The van der Waals surface area contributed by atoms with Gasteiger partial charge in [-0.05, 0) is 28.1 Å². The molecular formula is C10H11BrN2O2. The molecule has 0 unspecified atom stereocenters. The normalized spacial score (nSPS) is 16.0. The molecule has 0 radical (unpaired) electrons. The monoisotopic (exact) mass is 270 g/mol. The fraction of sp³-hybridized carbons (Fsp3) is 0.400. The van der Waals surface area contributed by atoms with Crippen molar-refractivity contribution in [2.75, 3.05) is 13.1 Å². The van der Waals surface area contributed by atoms with Gasteiger partial charge in [-0.15, -0.1) is 0 Å². The number of hydrogen-bond donors (Lipinski definition) is 0. The van der Waals surface area contributed by atoms with E-state index in [-0.39, 0.29) is 12.0 Å². The molecule has 0 aliphatic carbocycles. The topological polar surface area (TPSA) is 42.4 Å². The molecule has 0 spiro atoms. The lowest BCUT2D eigenvalue weighted by Crippen LogP contribution is -2.55. The van der Waals surface area contributed by atoms with Gasteiger partial charge in [0.25, 0.3) is 0 Å². The van der Waals surface area contributed by atoms with Gasteiger partial charge in [-0.3, -0.25) is 4.79 Å². The molecule has 1 aliphatic heterocycles. The smallest absolute Gasteiger partial charge is 0.219 e. The maximum absolute atomic E-state index is 10.9. The largest absolute Gasteiger partial charge is 0.485 e. The molecule has 2 heterocycles. The number of nitrogens with zero attached hydrogens (tertiary/aromatic N) is 2. The van der Waals surface area contributed by atoms with Gasteiger partial charge in [0, 0.05) is 6.92 Å². The number of hydrogen-bond acceptors (Lipinski definition) is 3. The van der Waals surface area contributed by atoms with Gasteiger partial charge in [0.2, 0.25) is 5.91 Å². The van der Waals surface area contributed by atoms with Crippen molar-refractivity contribution in [3.05, 3.63) is 22.9 Å². The second kappa shape index (κ2) is 4.18.